The van der Waals surface area contributed by atoms with E-state index in [1.807, 2.05) is 6.92 Å². The fraction of sp³-hybridized carbons (Fsp3) is 0.250. The van der Waals surface area contributed by atoms with Crippen molar-refractivity contribution in [1.29, 1.82) is 0 Å². The van der Waals surface area contributed by atoms with E-state index in [2.05, 4.69) is 15.9 Å². The van der Waals surface area contributed by atoms with Crippen molar-refractivity contribution in [3.05, 3.63) is 63.6 Å². The molecule has 0 saturated carbocycles. The lowest BCUT2D eigenvalue weighted by molar-refractivity contribution is 0.289. The van der Waals surface area contributed by atoms with Gasteiger partial charge in [0.25, 0.3) is 0 Å². The van der Waals surface area contributed by atoms with Crippen LogP contribution in [0.4, 0.5) is 8.78 Å². The van der Waals surface area contributed by atoms with Gasteiger partial charge in [0, 0.05) is 10.5 Å². The summed E-state index contributed by atoms with van der Waals surface area (Å²) in [6, 6.07) is 9.18. The normalized spacial score (nSPS) is 12.2. The molecule has 1 unspecified atom stereocenters. The van der Waals surface area contributed by atoms with E-state index in [4.69, 9.17) is 10.5 Å². The highest BCUT2D eigenvalue weighted by Crippen LogP contribution is 2.21. The van der Waals surface area contributed by atoms with Crippen LogP contribution in [0.5, 0.6) is 5.75 Å². The maximum absolute atomic E-state index is 13.9. The summed E-state index contributed by atoms with van der Waals surface area (Å²) in [5, 5.41) is 0. The maximum atomic E-state index is 13.9. The van der Waals surface area contributed by atoms with Crippen LogP contribution in [-0.2, 0) is 13.0 Å². The highest BCUT2D eigenvalue weighted by molar-refractivity contribution is 9.10. The molecular weight excluding hydrogens is 340 g/mol. The van der Waals surface area contributed by atoms with Crippen LogP contribution < -0.4 is 10.5 Å². The molecule has 0 aliphatic rings. The van der Waals surface area contributed by atoms with E-state index in [1.165, 1.54) is 18.2 Å². The van der Waals surface area contributed by atoms with Gasteiger partial charge in [-0.25, -0.2) is 8.78 Å². The fourth-order valence-corrected chi connectivity index (χ4v) is 2.53. The Balaban J connectivity index is 2.06. The average Bonchev–Trinajstić information content (AvgIpc) is 2.36. The standard InChI is InChI=1S/C16H16BrF2NO/c1-10(20)4-11-2-3-16(15(19)7-11)21-9-12-5-13(17)8-14(18)6-12/h2-3,5-8,10H,4,9,20H2,1H3. The van der Waals surface area contributed by atoms with E-state index in [9.17, 15) is 8.78 Å². The van der Waals surface area contributed by atoms with Crippen LogP contribution in [0.15, 0.2) is 40.9 Å². The number of rotatable bonds is 5. The average molecular weight is 356 g/mol. The molecule has 0 fully saturated rings. The molecule has 0 saturated heterocycles. The molecule has 0 heterocycles. The lowest BCUT2D eigenvalue weighted by Crippen LogP contribution is -2.17. The number of benzene rings is 2. The van der Waals surface area contributed by atoms with Crippen molar-refractivity contribution in [1.82, 2.24) is 0 Å². The van der Waals surface area contributed by atoms with Gasteiger partial charge >= 0.3 is 0 Å². The Bertz CT molecular complexity index is 611. The first-order chi connectivity index (χ1) is 9.94. The Kier molecular flexibility index (Phi) is 5.31. The van der Waals surface area contributed by atoms with Gasteiger partial charge in [0.2, 0.25) is 0 Å². The predicted molar refractivity (Wildman–Crippen MR) is 82.2 cm³/mol. The molecule has 2 nitrogen and oxygen atoms in total. The Morgan fingerprint density at radius 3 is 2.52 bits per heavy atom. The second kappa shape index (κ2) is 7.00. The molecule has 2 aromatic rings. The minimum absolute atomic E-state index is 0.0270. The summed E-state index contributed by atoms with van der Waals surface area (Å²) in [5.41, 5.74) is 7.13. The molecule has 0 amide bonds. The van der Waals surface area contributed by atoms with Gasteiger partial charge in [-0.15, -0.1) is 0 Å². The Morgan fingerprint density at radius 2 is 1.90 bits per heavy atom. The zero-order valence-electron chi connectivity index (χ0n) is 11.6. The van der Waals surface area contributed by atoms with Gasteiger partial charge in [-0.2, -0.15) is 0 Å². The molecule has 0 aliphatic heterocycles. The zero-order valence-corrected chi connectivity index (χ0v) is 13.2. The zero-order chi connectivity index (χ0) is 15.4. The smallest absolute Gasteiger partial charge is 0.165 e. The van der Waals surface area contributed by atoms with Crippen molar-refractivity contribution in [3.63, 3.8) is 0 Å². The molecule has 5 heteroatoms. The first-order valence-corrected chi connectivity index (χ1v) is 7.35. The van der Waals surface area contributed by atoms with Gasteiger partial charge < -0.3 is 10.5 Å². The maximum Gasteiger partial charge on any atom is 0.165 e. The number of hydrogen-bond donors (Lipinski definition) is 1. The van der Waals surface area contributed by atoms with Crippen molar-refractivity contribution in [2.75, 3.05) is 0 Å². The van der Waals surface area contributed by atoms with E-state index in [0.717, 1.165) is 5.56 Å². The van der Waals surface area contributed by atoms with Gasteiger partial charge in [-0.05, 0) is 54.8 Å². The van der Waals surface area contributed by atoms with E-state index in [0.29, 0.717) is 16.5 Å². The highest BCUT2D eigenvalue weighted by atomic mass is 79.9. The van der Waals surface area contributed by atoms with Crippen molar-refractivity contribution in [2.45, 2.75) is 26.0 Å². The van der Waals surface area contributed by atoms with Gasteiger partial charge in [0.05, 0.1) is 0 Å². The van der Waals surface area contributed by atoms with Gasteiger partial charge in [-0.3, -0.25) is 0 Å². The molecule has 21 heavy (non-hydrogen) atoms. The highest BCUT2D eigenvalue weighted by Gasteiger charge is 2.07. The Labute approximate surface area is 131 Å². The lowest BCUT2D eigenvalue weighted by atomic mass is 10.1. The van der Waals surface area contributed by atoms with Crippen LogP contribution in [0.2, 0.25) is 0 Å². The largest absolute Gasteiger partial charge is 0.486 e. The van der Waals surface area contributed by atoms with Crippen LogP contribution >= 0.6 is 15.9 Å². The number of hydrogen-bond acceptors (Lipinski definition) is 2. The van der Waals surface area contributed by atoms with Gasteiger partial charge in [-0.1, -0.05) is 22.0 Å². The molecule has 2 N–H and O–H groups in total. The summed E-state index contributed by atoms with van der Waals surface area (Å²) >= 11 is 3.20. The number of nitrogens with two attached hydrogens (primary N) is 1. The quantitative estimate of drug-likeness (QED) is 0.872. The van der Waals surface area contributed by atoms with Crippen LogP contribution in [0.3, 0.4) is 0 Å². The third-order valence-corrected chi connectivity index (χ3v) is 3.33. The molecule has 0 spiro atoms. The van der Waals surface area contributed by atoms with Crippen molar-refractivity contribution in [3.8, 4) is 5.75 Å². The van der Waals surface area contributed by atoms with Crippen LogP contribution in [0.25, 0.3) is 0 Å². The summed E-state index contributed by atoms with van der Waals surface area (Å²) in [7, 11) is 0. The predicted octanol–water partition coefficient (Wildman–Crippen LogP) is 4.20. The minimum atomic E-state index is -0.441. The molecule has 0 radical (unpaired) electrons. The lowest BCUT2D eigenvalue weighted by Gasteiger charge is -2.10. The van der Waals surface area contributed by atoms with E-state index < -0.39 is 5.82 Å². The Hall–Kier alpha value is -1.46. The van der Waals surface area contributed by atoms with Crippen molar-refractivity contribution >= 4 is 15.9 Å². The molecule has 2 aromatic carbocycles. The van der Waals surface area contributed by atoms with Crippen molar-refractivity contribution < 1.29 is 13.5 Å². The Morgan fingerprint density at radius 1 is 1.14 bits per heavy atom. The summed E-state index contributed by atoms with van der Waals surface area (Å²) in [5.74, 6) is -0.664. The van der Waals surface area contributed by atoms with Gasteiger partial charge in [0.1, 0.15) is 12.4 Å². The molecule has 0 bridgehead atoms. The molecule has 0 aliphatic carbocycles. The monoisotopic (exact) mass is 355 g/mol. The number of ether oxygens (including phenoxy) is 1. The molecule has 1 atom stereocenters. The summed E-state index contributed by atoms with van der Waals surface area (Å²) < 4.78 is 33.2. The topological polar surface area (TPSA) is 35.2 Å². The first-order valence-electron chi connectivity index (χ1n) is 6.56. The minimum Gasteiger partial charge on any atom is -0.486 e. The summed E-state index contributed by atoms with van der Waals surface area (Å²) in [6.45, 7) is 1.96. The van der Waals surface area contributed by atoms with Crippen LogP contribution in [0.1, 0.15) is 18.1 Å². The van der Waals surface area contributed by atoms with Gasteiger partial charge in [0.15, 0.2) is 11.6 Å². The third-order valence-electron chi connectivity index (χ3n) is 2.87. The van der Waals surface area contributed by atoms with Crippen molar-refractivity contribution in [2.24, 2.45) is 5.73 Å². The molecule has 0 aromatic heterocycles. The van der Waals surface area contributed by atoms with Crippen LogP contribution in [-0.4, -0.2) is 6.04 Å². The second-order valence-corrected chi connectivity index (χ2v) is 5.93. The number of halogens is 3. The molecule has 112 valence electrons. The van der Waals surface area contributed by atoms with E-state index in [1.54, 1.807) is 18.2 Å². The fourth-order valence-electron chi connectivity index (χ4n) is 2.02. The third kappa shape index (κ3) is 4.79. The summed E-state index contributed by atoms with van der Waals surface area (Å²) in [6.07, 6.45) is 0.605. The summed E-state index contributed by atoms with van der Waals surface area (Å²) in [4.78, 5) is 0. The molecular formula is C16H16BrF2NO. The van der Waals surface area contributed by atoms with E-state index >= 15 is 0 Å². The second-order valence-electron chi connectivity index (χ2n) is 5.01. The van der Waals surface area contributed by atoms with Crippen LogP contribution in [0, 0.1) is 11.6 Å². The SMILES string of the molecule is CC(N)Cc1ccc(OCc2cc(F)cc(Br)c2)c(F)c1. The van der Waals surface area contributed by atoms with E-state index in [-0.39, 0.29) is 24.2 Å². The molecule has 2 rings (SSSR count). The first kappa shape index (κ1) is 15.9.